The highest BCUT2D eigenvalue weighted by atomic mass is 16.2. The predicted molar refractivity (Wildman–Crippen MR) is 75.5 cm³/mol. The number of nitrogens with one attached hydrogen (secondary N) is 1. The van der Waals surface area contributed by atoms with Crippen LogP contribution in [0.2, 0.25) is 0 Å². The molecule has 0 bridgehead atoms. The Morgan fingerprint density at radius 1 is 1.32 bits per heavy atom. The largest absolute Gasteiger partial charge is 0.356 e. The molecule has 0 radical (unpaired) electrons. The molecule has 1 aliphatic heterocycles. The summed E-state index contributed by atoms with van der Waals surface area (Å²) in [5.74, 6) is 1.17. The van der Waals surface area contributed by atoms with Crippen molar-refractivity contribution in [3.8, 4) is 0 Å². The van der Waals surface area contributed by atoms with Crippen LogP contribution in [-0.4, -0.2) is 23.9 Å². The quantitative estimate of drug-likeness (QED) is 0.821. The Hall–Kier alpha value is -1.35. The van der Waals surface area contributed by atoms with Crippen LogP contribution in [0.4, 0.5) is 0 Å². The van der Waals surface area contributed by atoms with Gasteiger partial charge in [-0.15, -0.1) is 0 Å². The second-order valence-electron chi connectivity index (χ2n) is 5.94. The molecule has 0 saturated heterocycles. The van der Waals surface area contributed by atoms with E-state index in [4.69, 9.17) is 0 Å². The van der Waals surface area contributed by atoms with Gasteiger partial charge in [-0.25, -0.2) is 0 Å². The van der Waals surface area contributed by atoms with Gasteiger partial charge in [0.1, 0.15) is 0 Å². The molecule has 102 valence electrons. The minimum Gasteiger partial charge on any atom is -0.356 e. The molecule has 1 aromatic rings. The fourth-order valence-corrected chi connectivity index (χ4v) is 2.89. The van der Waals surface area contributed by atoms with Crippen molar-refractivity contribution in [1.29, 1.82) is 0 Å². The zero-order valence-corrected chi connectivity index (χ0v) is 11.6. The maximum absolute atomic E-state index is 11.7. The molecule has 1 aliphatic carbocycles. The van der Waals surface area contributed by atoms with Gasteiger partial charge in [-0.2, -0.15) is 0 Å². The number of carbonyl (C=O) groups excluding carboxylic acids is 1. The van der Waals surface area contributed by atoms with E-state index < -0.39 is 0 Å². The number of amides is 1. The molecule has 2 atom stereocenters. The van der Waals surface area contributed by atoms with E-state index in [2.05, 4.69) is 41.4 Å². The molecule has 1 fully saturated rings. The van der Waals surface area contributed by atoms with Crippen molar-refractivity contribution < 1.29 is 4.79 Å². The fourth-order valence-electron chi connectivity index (χ4n) is 2.89. The van der Waals surface area contributed by atoms with Crippen molar-refractivity contribution in [2.75, 3.05) is 13.1 Å². The van der Waals surface area contributed by atoms with Crippen molar-refractivity contribution in [2.45, 2.75) is 32.9 Å². The van der Waals surface area contributed by atoms with Crippen molar-refractivity contribution >= 4 is 5.91 Å². The fraction of sp³-hybridized carbons (Fsp3) is 0.562. The van der Waals surface area contributed by atoms with E-state index in [1.54, 1.807) is 0 Å². The molecule has 1 aromatic carbocycles. The third kappa shape index (κ3) is 2.98. The lowest BCUT2D eigenvalue weighted by molar-refractivity contribution is -0.122. The van der Waals surface area contributed by atoms with Gasteiger partial charge in [-0.3, -0.25) is 9.69 Å². The Kier molecular flexibility index (Phi) is 3.56. The minimum atomic E-state index is 0.261. The summed E-state index contributed by atoms with van der Waals surface area (Å²) in [7, 11) is 0. The summed E-state index contributed by atoms with van der Waals surface area (Å²) in [5, 5.41) is 3.05. The van der Waals surface area contributed by atoms with Crippen LogP contribution >= 0.6 is 0 Å². The highest BCUT2D eigenvalue weighted by Gasteiger charge is 2.38. The molecule has 1 N–H and O–H groups in total. The zero-order valence-electron chi connectivity index (χ0n) is 11.6. The molecule has 0 aromatic heterocycles. The van der Waals surface area contributed by atoms with Crippen molar-refractivity contribution in [3.63, 3.8) is 0 Å². The van der Waals surface area contributed by atoms with Gasteiger partial charge >= 0.3 is 0 Å². The van der Waals surface area contributed by atoms with Crippen molar-refractivity contribution in [2.24, 2.45) is 11.8 Å². The number of rotatable bonds is 5. The van der Waals surface area contributed by atoms with Crippen LogP contribution in [-0.2, 0) is 17.9 Å². The second-order valence-corrected chi connectivity index (χ2v) is 5.94. The Morgan fingerprint density at radius 2 is 1.95 bits per heavy atom. The average Bonchev–Trinajstić information content (AvgIpc) is 3.00. The third-order valence-electron chi connectivity index (χ3n) is 4.30. The molecular formula is C16H22N2O. The number of nitrogens with zero attached hydrogens (tertiary/aromatic N) is 1. The van der Waals surface area contributed by atoms with Gasteiger partial charge in [0.05, 0.1) is 0 Å². The highest BCUT2D eigenvalue weighted by molar-refractivity contribution is 5.81. The zero-order chi connectivity index (χ0) is 13.2. The van der Waals surface area contributed by atoms with Gasteiger partial charge in [-0.1, -0.05) is 31.2 Å². The monoisotopic (exact) mass is 258 g/mol. The Balaban J connectivity index is 1.35. The summed E-state index contributed by atoms with van der Waals surface area (Å²) in [4.78, 5) is 14.1. The summed E-state index contributed by atoms with van der Waals surface area (Å²) < 4.78 is 0. The van der Waals surface area contributed by atoms with Gasteiger partial charge in [0.15, 0.2) is 0 Å². The SMILES string of the molecule is C[C@H]1C[C@H]1C(=O)NCCCN1Cc2ccccc2C1. The molecule has 1 saturated carbocycles. The second kappa shape index (κ2) is 5.33. The first kappa shape index (κ1) is 12.7. The molecule has 0 spiro atoms. The van der Waals surface area contributed by atoms with E-state index >= 15 is 0 Å². The maximum atomic E-state index is 11.7. The topological polar surface area (TPSA) is 32.3 Å². The Morgan fingerprint density at radius 3 is 2.53 bits per heavy atom. The minimum absolute atomic E-state index is 0.261. The lowest BCUT2D eigenvalue weighted by Gasteiger charge is -2.14. The molecular weight excluding hydrogens is 236 g/mol. The number of hydrogen-bond acceptors (Lipinski definition) is 2. The first-order valence-corrected chi connectivity index (χ1v) is 7.31. The van der Waals surface area contributed by atoms with E-state index in [0.29, 0.717) is 11.8 Å². The first-order chi connectivity index (χ1) is 9.24. The van der Waals surface area contributed by atoms with Crippen LogP contribution in [0.15, 0.2) is 24.3 Å². The van der Waals surface area contributed by atoms with Crippen LogP contribution < -0.4 is 5.32 Å². The van der Waals surface area contributed by atoms with Gasteiger partial charge in [0.25, 0.3) is 0 Å². The Bertz CT molecular complexity index is 447. The lowest BCUT2D eigenvalue weighted by atomic mass is 10.1. The average molecular weight is 258 g/mol. The molecule has 3 heteroatoms. The molecule has 19 heavy (non-hydrogen) atoms. The van der Waals surface area contributed by atoms with Crippen molar-refractivity contribution in [1.82, 2.24) is 10.2 Å². The maximum Gasteiger partial charge on any atom is 0.223 e. The van der Waals surface area contributed by atoms with Gasteiger partial charge in [0, 0.05) is 32.1 Å². The summed E-state index contributed by atoms with van der Waals surface area (Å²) in [6.45, 7) is 6.14. The van der Waals surface area contributed by atoms with Crippen LogP contribution in [0.1, 0.15) is 30.9 Å². The molecule has 1 heterocycles. The molecule has 3 nitrogen and oxygen atoms in total. The summed E-state index contributed by atoms with van der Waals surface area (Å²) in [6, 6.07) is 8.65. The van der Waals surface area contributed by atoms with Crippen LogP contribution in [0, 0.1) is 11.8 Å². The molecule has 3 rings (SSSR count). The van der Waals surface area contributed by atoms with Gasteiger partial charge in [0.2, 0.25) is 5.91 Å². The standard InChI is InChI=1S/C16H22N2O/c1-12-9-15(12)16(19)17-7-4-8-18-10-13-5-2-3-6-14(13)11-18/h2-3,5-6,12,15H,4,7-11H2,1H3,(H,17,19)/t12-,15+/m0/s1. The van der Waals surface area contributed by atoms with Crippen molar-refractivity contribution in [3.05, 3.63) is 35.4 Å². The van der Waals surface area contributed by atoms with Gasteiger partial charge < -0.3 is 5.32 Å². The Labute approximate surface area is 115 Å². The van der Waals surface area contributed by atoms with Crippen LogP contribution in [0.25, 0.3) is 0 Å². The van der Waals surface area contributed by atoms with Crippen LogP contribution in [0.3, 0.4) is 0 Å². The molecule has 1 amide bonds. The predicted octanol–water partition coefficient (Wildman–Crippen LogP) is 2.16. The highest BCUT2D eigenvalue weighted by Crippen LogP contribution is 2.37. The van der Waals surface area contributed by atoms with Crippen LogP contribution in [0.5, 0.6) is 0 Å². The van der Waals surface area contributed by atoms with E-state index in [1.807, 2.05) is 0 Å². The summed E-state index contributed by atoms with van der Waals surface area (Å²) >= 11 is 0. The van der Waals surface area contributed by atoms with E-state index in [9.17, 15) is 4.79 Å². The first-order valence-electron chi connectivity index (χ1n) is 7.31. The van der Waals surface area contributed by atoms with E-state index in [1.165, 1.54) is 11.1 Å². The number of fused-ring (bicyclic) bond motifs is 1. The normalized spacial score (nSPS) is 25.1. The summed E-state index contributed by atoms with van der Waals surface area (Å²) in [5.41, 5.74) is 2.91. The number of benzene rings is 1. The van der Waals surface area contributed by atoms with Gasteiger partial charge in [-0.05, 0) is 29.9 Å². The molecule has 0 unspecified atom stereocenters. The smallest absolute Gasteiger partial charge is 0.223 e. The van der Waals surface area contributed by atoms with E-state index in [0.717, 1.165) is 39.0 Å². The number of hydrogen-bond donors (Lipinski definition) is 1. The lowest BCUT2D eigenvalue weighted by Crippen LogP contribution is -2.29. The number of carbonyl (C=O) groups is 1. The molecule has 2 aliphatic rings. The summed E-state index contributed by atoms with van der Waals surface area (Å²) in [6.07, 6.45) is 2.12. The van der Waals surface area contributed by atoms with E-state index in [-0.39, 0.29) is 5.91 Å². The third-order valence-corrected chi connectivity index (χ3v) is 4.30.